The van der Waals surface area contributed by atoms with Gasteiger partial charge in [-0.05, 0) is 13.0 Å². The molecule has 1 N–H and O–H groups in total. The molecule has 0 radical (unpaired) electrons. The largest absolute Gasteiger partial charge is 0.308 e. The lowest BCUT2D eigenvalue weighted by Crippen LogP contribution is -2.21. The maximum absolute atomic E-state index is 4.78. The molecule has 0 saturated heterocycles. The van der Waals surface area contributed by atoms with Crippen molar-refractivity contribution in [3.8, 4) is 0 Å². The van der Waals surface area contributed by atoms with E-state index >= 15 is 0 Å². The number of nitrogens with one attached hydrogen (secondary N) is 1. The Morgan fingerprint density at radius 2 is 2.06 bits per heavy atom. The van der Waals surface area contributed by atoms with Gasteiger partial charge in [0.2, 0.25) is 0 Å². The van der Waals surface area contributed by atoms with Crippen molar-refractivity contribution in [2.24, 2.45) is 0 Å². The van der Waals surface area contributed by atoms with Gasteiger partial charge >= 0.3 is 0 Å². The number of hydrogen-bond acceptors (Lipinski definition) is 3. The molecule has 0 fully saturated rings. The van der Waals surface area contributed by atoms with Crippen LogP contribution in [0.1, 0.15) is 64.2 Å². The van der Waals surface area contributed by atoms with E-state index in [1.165, 1.54) is 23.5 Å². The number of hydrogen-bond donors (Lipinski definition) is 1. The SMILES string of the molecule is CCCC(NCC)c1nc(C(C)(C)C)cs1. The highest BCUT2D eigenvalue weighted by Gasteiger charge is 2.20. The molecule has 16 heavy (non-hydrogen) atoms. The van der Waals surface area contributed by atoms with Gasteiger partial charge in [0.1, 0.15) is 5.01 Å². The maximum Gasteiger partial charge on any atom is 0.110 e. The van der Waals surface area contributed by atoms with E-state index in [1.807, 2.05) is 0 Å². The van der Waals surface area contributed by atoms with Crippen LogP contribution in [-0.2, 0) is 5.41 Å². The van der Waals surface area contributed by atoms with Crippen LogP contribution in [0.15, 0.2) is 5.38 Å². The van der Waals surface area contributed by atoms with E-state index in [2.05, 4.69) is 45.3 Å². The summed E-state index contributed by atoms with van der Waals surface area (Å²) in [6, 6.07) is 0.441. The van der Waals surface area contributed by atoms with Gasteiger partial charge in [-0.15, -0.1) is 11.3 Å². The van der Waals surface area contributed by atoms with Crippen LogP contribution in [-0.4, -0.2) is 11.5 Å². The van der Waals surface area contributed by atoms with Gasteiger partial charge in [-0.25, -0.2) is 4.98 Å². The van der Waals surface area contributed by atoms with Crippen molar-refractivity contribution in [1.29, 1.82) is 0 Å². The summed E-state index contributed by atoms with van der Waals surface area (Å²) in [6.45, 7) is 12.0. The molecule has 3 heteroatoms. The second-order valence-electron chi connectivity index (χ2n) is 5.22. The van der Waals surface area contributed by atoms with Crippen molar-refractivity contribution < 1.29 is 0 Å². The second-order valence-corrected chi connectivity index (χ2v) is 6.11. The Morgan fingerprint density at radius 1 is 1.38 bits per heavy atom. The molecule has 1 heterocycles. The smallest absolute Gasteiger partial charge is 0.110 e. The number of aromatic nitrogens is 1. The monoisotopic (exact) mass is 240 g/mol. The van der Waals surface area contributed by atoms with Gasteiger partial charge in [0.25, 0.3) is 0 Å². The summed E-state index contributed by atoms with van der Waals surface area (Å²) in [4.78, 5) is 4.78. The first-order valence-corrected chi connectivity index (χ1v) is 7.06. The first kappa shape index (κ1) is 13.7. The molecule has 0 bridgehead atoms. The van der Waals surface area contributed by atoms with E-state index in [0.29, 0.717) is 6.04 Å². The molecule has 0 spiro atoms. The van der Waals surface area contributed by atoms with Gasteiger partial charge in [-0.2, -0.15) is 0 Å². The normalized spacial score (nSPS) is 14.1. The van der Waals surface area contributed by atoms with Crippen molar-refractivity contribution in [3.05, 3.63) is 16.1 Å². The Kier molecular flexibility index (Phi) is 4.93. The summed E-state index contributed by atoms with van der Waals surface area (Å²) in [5.74, 6) is 0. The minimum Gasteiger partial charge on any atom is -0.308 e. The Hall–Kier alpha value is -0.410. The third-order valence-electron chi connectivity index (χ3n) is 2.62. The van der Waals surface area contributed by atoms with Crippen LogP contribution in [0.3, 0.4) is 0 Å². The zero-order valence-corrected chi connectivity index (χ0v) is 11.9. The Balaban J connectivity index is 2.81. The summed E-state index contributed by atoms with van der Waals surface area (Å²) in [7, 11) is 0. The molecular weight excluding hydrogens is 216 g/mol. The zero-order valence-electron chi connectivity index (χ0n) is 11.1. The first-order valence-electron chi connectivity index (χ1n) is 6.18. The van der Waals surface area contributed by atoms with Gasteiger partial charge in [0.15, 0.2) is 0 Å². The molecule has 1 aromatic rings. The van der Waals surface area contributed by atoms with E-state index < -0.39 is 0 Å². The molecule has 0 aliphatic heterocycles. The van der Waals surface area contributed by atoms with E-state index in [-0.39, 0.29) is 5.41 Å². The van der Waals surface area contributed by atoms with Gasteiger partial charge in [-0.1, -0.05) is 41.0 Å². The number of thiazole rings is 1. The first-order chi connectivity index (χ1) is 7.49. The van der Waals surface area contributed by atoms with E-state index in [4.69, 9.17) is 4.98 Å². The molecular formula is C13H24N2S. The highest BCUT2D eigenvalue weighted by Crippen LogP contribution is 2.28. The van der Waals surface area contributed by atoms with E-state index in [9.17, 15) is 0 Å². The summed E-state index contributed by atoms with van der Waals surface area (Å²) in [5.41, 5.74) is 1.38. The summed E-state index contributed by atoms with van der Waals surface area (Å²) < 4.78 is 0. The summed E-state index contributed by atoms with van der Waals surface area (Å²) in [6.07, 6.45) is 2.37. The predicted molar refractivity (Wildman–Crippen MR) is 72.1 cm³/mol. The van der Waals surface area contributed by atoms with Crippen molar-refractivity contribution in [1.82, 2.24) is 10.3 Å². The van der Waals surface area contributed by atoms with Crippen LogP contribution in [0.5, 0.6) is 0 Å². The second kappa shape index (κ2) is 5.78. The van der Waals surface area contributed by atoms with Gasteiger partial charge < -0.3 is 5.32 Å². The quantitative estimate of drug-likeness (QED) is 0.844. The average Bonchev–Trinajstić information content (AvgIpc) is 2.65. The molecule has 0 amide bonds. The summed E-state index contributed by atoms with van der Waals surface area (Å²) in [5, 5.41) is 6.96. The Labute approximate surface area is 103 Å². The molecule has 0 aliphatic carbocycles. The Morgan fingerprint density at radius 3 is 2.50 bits per heavy atom. The molecule has 1 rings (SSSR count). The van der Waals surface area contributed by atoms with Crippen LogP contribution >= 0.6 is 11.3 Å². The molecule has 1 unspecified atom stereocenters. The van der Waals surface area contributed by atoms with Crippen LogP contribution in [0.25, 0.3) is 0 Å². The van der Waals surface area contributed by atoms with Crippen LogP contribution in [0.4, 0.5) is 0 Å². The lowest BCUT2D eigenvalue weighted by molar-refractivity contribution is 0.500. The van der Waals surface area contributed by atoms with Gasteiger partial charge in [0, 0.05) is 10.8 Å². The molecule has 1 atom stereocenters. The lowest BCUT2D eigenvalue weighted by atomic mass is 9.93. The minimum atomic E-state index is 0.164. The van der Waals surface area contributed by atoms with Gasteiger partial charge in [0.05, 0.1) is 11.7 Å². The molecule has 92 valence electrons. The van der Waals surface area contributed by atoms with Crippen LogP contribution in [0, 0.1) is 0 Å². The summed E-state index contributed by atoms with van der Waals surface area (Å²) >= 11 is 1.79. The lowest BCUT2D eigenvalue weighted by Gasteiger charge is -2.16. The maximum atomic E-state index is 4.78. The zero-order chi connectivity index (χ0) is 12.2. The molecule has 2 nitrogen and oxygen atoms in total. The van der Waals surface area contributed by atoms with E-state index in [0.717, 1.165) is 6.54 Å². The fourth-order valence-electron chi connectivity index (χ4n) is 1.64. The van der Waals surface area contributed by atoms with Crippen LogP contribution in [0.2, 0.25) is 0 Å². The third kappa shape index (κ3) is 3.56. The van der Waals surface area contributed by atoms with Crippen LogP contribution < -0.4 is 5.32 Å². The predicted octanol–water partition coefficient (Wildman–Crippen LogP) is 3.89. The molecule has 0 aromatic carbocycles. The molecule has 0 saturated carbocycles. The van der Waals surface area contributed by atoms with Gasteiger partial charge in [-0.3, -0.25) is 0 Å². The fraction of sp³-hybridized carbons (Fsp3) is 0.769. The third-order valence-corrected chi connectivity index (χ3v) is 3.57. The van der Waals surface area contributed by atoms with E-state index in [1.54, 1.807) is 11.3 Å². The number of nitrogens with zero attached hydrogens (tertiary/aromatic N) is 1. The highest BCUT2D eigenvalue weighted by molar-refractivity contribution is 7.09. The Bertz CT molecular complexity index is 306. The molecule has 1 aromatic heterocycles. The van der Waals surface area contributed by atoms with Crippen molar-refractivity contribution in [2.45, 2.75) is 58.9 Å². The topological polar surface area (TPSA) is 24.9 Å². The van der Waals surface area contributed by atoms with Crippen molar-refractivity contribution in [2.75, 3.05) is 6.54 Å². The average molecular weight is 240 g/mol. The molecule has 0 aliphatic rings. The van der Waals surface area contributed by atoms with Crippen molar-refractivity contribution >= 4 is 11.3 Å². The fourth-order valence-corrected chi connectivity index (χ4v) is 2.80. The van der Waals surface area contributed by atoms with Crippen molar-refractivity contribution in [3.63, 3.8) is 0 Å². The number of rotatable bonds is 5. The minimum absolute atomic E-state index is 0.164. The standard InChI is InChI=1S/C13H24N2S/c1-6-8-10(14-7-2)12-15-11(9-16-12)13(3,4)5/h9-10,14H,6-8H2,1-5H3. The highest BCUT2D eigenvalue weighted by atomic mass is 32.1.